The Bertz CT molecular complexity index is 345. The topological polar surface area (TPSA) is 41.7 Å². The third-order valence-corrected chi connectivity index (χ3v) is 1.69. The highest BCUT2D eigenvalue weighted by molar-refractivity contribution is 6.29. The maximum absolute atomic E-state index is 12.8. The number of aryl methyl sites for hydroxylation is 1. The van der Waals surface area contributed by atoms with Crippen molar-refractivity contribution in [3.63, 3.8) is 0 Å². The van der Waals surface area contributed by atoms with Gasteiger partial charge in [-0.25, -0.2) is 9.37 Å². The summed E-state index contributed by atoms with van der Waals surface area (Å²) in [5.74, 6) is 0. The molecule has 0 aliphatic rings. The van der Waals surface area contributed by atoms with E-state index in [1.807, 2.05) is 0 Å². The first-order valence-corrected chi connectivity index (χ1v) is 3.84. The van der Waals surface area contributed by atoms with Crippen molar-refractivity contribution in [2.24, 2.45) is 0 Å². The van der Waals surface area contributed by atoms with Crippen molar-refractivity contribution in [1.29, 1.82) is 5.41 Å². The Hall–Kier alpha value is -0.900. The van der Waals surface area contributed by atoms with Gasteiger partial charge in [-0.05, 0) is 13.8 Å². The lowest BCUT2D eigenvalue weighted by atomic mass is 10.4. The van der Waals surface area contributed by atoms with Crippen molar-refractivity contribution in [1.82, 2.24) is 9.55 Å². The van der Waals surface area contributed by atoms with Crippen LogP contribution in [0.3, 0.4) is 0 Å². The summed E-state index contributed by atoms with van der Waals surface area (Å²) >= 11 is 5.58. The van der Waals surface area contributed by atoms with Crippen molar-refractivity contribution >= 4 is 11.6 Å². The van der Waals surface area contributed by atoms with Gasteiger partial charge in [0, 0.05) is 6.20 Å². The standard InChI is InChI=1S/C7H9ClFN3/c1-4-7(10)12(5(2)9)3-6(8)11-4/h3,5,10H,1-2H3. The molecule has 1 aromatic rings. The first-order valence-electron chi connectivity index (χ1n) is 3.46. The van der Waals surface area contributed by atoms with Gasteiger partial charge in [-0.3, -0.25) is 9.98 Å². The Labute approximate surface area is 74.3 Å². The van der Waals surface area contributed by atoms with E-state index in [4.69, 9.17) is 17.0 Å². The molecule has 0 aliphatic heterocycles. The molecule has 0 aromatic carbocycles. The van der Waals surface area contributed by atoms with E-state index >= 15 is 0 Å². The molecule has 0 saturated carbocycles. The maximum Gasteiger partial charge on any atom is 0.174 e. The molecular weight excluding hydrogens is 181 g/mol. The zero-order valence-corrected chi connectivity index (χ0v) is 7.56. The number of hydrogen-bond acceptors (Lipinski definition) is 2. The zero-order valence-electron chi connectivity index (χ0n) is 6.81. The summed E-state index contributed by atoms with van der Waals surface area (Å²) in [5.41, 5.74) is 0.474. The second-order valence-electron chi connectivity index (χ2n) is 2.48. The lowest BCUT2D eigenvalue weighted by molar-refractivity contribution is 0.257. The fourth-order valence-electron chi connectivity index (χ4n) is 0.889. The maximum atomic E-state index is 12.8. The molecular formula is C7H9ClFN3. The number of halogens is 2. The summed E-state index contributed by atoms with van der Waals surface area (Å²) < 4.78 is 13.9. The van der Waals surface area contributed by atoms with Crippen LogP contribution in [-0.4, -0.2) is 9.55 Å². The molecule has 1 aromatic heterocycles. The lowest BCUT2D eigenvalue weighted by Crippen LogP contribution is -2.24. The molecule has 1 rings (SSSR count). The van der Waals surface area contributed by atoms with Crippen LogP contribution < -0.4 is 5.49 Å². The molecule has 0 saturated heterocycles. The van der Waals surface area contributed by atoms with Crippen molar-refractivity contribution in [3.05, 3.63) is 22.5 Å². The van der Waals surface area contributed by atoms with Crippen molar-refractivity contribution in [2.75, 3.05) is 0 Å². The van der Waals surface area contributed by atoms with E-state index in [1.54, 1.807) is 6.92 Å². The minimum absolute atomic E-state index is 0.0504. The second kappa shape index (κ2) is 3.23. The van der Waals surface area contributed by atoms with Crippen LogP contribution in [0, 0.1) is 12.3 Å². The predicted octanol–water partition coefficient (Wildman–Crippen LogP) is 1.81. The third kappa shape index (κ3) is 1.64. The first kappa shape index (κ1) is 9.19. The summed E-state index contributed by atoms with van der Waals surface area (Å²) in [6, 6.07) is 0. The van der Waals surface area contributed by atoms with E-state index in [1.165, 1.54) is 13.1 Å². The van der Waals surface area contributed by atoms with Crippen LogP contribution in [0.4, 0.5) is 4.39 Å². The fraction of sp³-hybridized carbons (Fsp3) is 0.429. The molecule has 0 amide bonds. The fourth-order valence-corrected chi connectivity index (χ4v) is 1.12. The number of nitrogens with one attached hydrogen (secondary N) is 1. The lowest BCUT2D eigenvalue weighted by Gasteiger charge is -2.08. The average molecular weight is 190 g/mol. The number of nitrogens with zero attached hydrogens (tertiary/aromatic N) is 2. The Morgan fingerprint density at radius 1 is 1.75 bits per heavy atom. The van der Waals surface area contributed by atoms with Crippen LogP contribution in [-0.2, 0) is 0 Å². The molecule has 5 heteroatoms. The molecule has 1 atom stereocenters. The summed E-state index contributed by atoms with van der Waals surface area (Å²) in [6.07, 6.45) is 0.0540. The molecule has 3 nitrogen and oxygen atoms in total. The quantitative estimate of drug-likeness (QED) is 0.720. The van der Waals surface area contributed by atoms with Gasteiger partial charge in [-0.2, -0.15) is 0 Å². The van der Waals surface area contributed by atoms with Gasteiger partial charge in [0.15, 0.2) is 6.30 Å². The minimum atomic E-state index is -1.25. The molecule has 1 N–H and O–H groups in total. The van der Waals surface area contributed by atoms with Crippen LogP contribution in [0.1, 0.15) is 18.9 Å². The first-order chi connectivity index (χ1) is 5.52. The molecule has 0 bridgehead atoms. The number of hydrogen-bond donors (Lipinski definition) is 1. The van der Waals surface area contributed by atoms with Crippen molar-refractivity contribution < 1.29 is 4.39 Å². The van der Waals surface area contributed by atoms with Crippen LogP contribution >= 0.6 is 11.6 Å². The predicted molar refractivity (Wildman–Crippen MR) is 43.6 cm³/mol. The summed E-state index contributed by atoms with van der Waals surface area (Å²) in [7, 11) is 0. The van der Waals surface area contributed by atoms with Crippen LogP contribution in [0.2, 0.25) is 5.15 Å². The Morgan fingerprint density at radius 2 is 2.33 bits per heavy atom. The highest BCUT2D eigenvalue weighted by Gasteiger charge is 2.05. The van der Waals surface area contributed by atoms with Gasteiger partial charge in [0.1, 0.15) is 10.6 Å². The molecule has 0 aliphatic carbocycles. The van der Waals surface area contributed by atoms with E-state index in [0.717, 1.165) is 4.57 Å². The van der Waals surface area contributed by atoms with Gasteiger partial charge in [-0.15, -0.1) is 0 Å². The smallest absolute Gasteiger partial charge is 0.174 e. The highest BCUT2D eigenvalue weighted by Crippen LogP contribution is 2.07. The number of alkyl halides is 1. The summed E-state index contributed by atoms with van der Waals surface area (Å²) in [4.78, 5) is 3.81. The molecule has 1 unspecified atom stereocenters. The van der Waals surface area contributed by atoms with Gasteiger partial charge < -0.3 is 0 Å². The largest absolute Gasteiger partial charge is 0.298 e. The highest BCUT2D eigenvalue weighted by atomic mass is 35.5. The van der Waals surface area contributed by atoms with Crippen LogP contribution in [0.15, 0.2) is 6.20 Å². The SMILES string of the molecule is Cc1nc(Cl)cn(C(C)F)c1=N. The van der Waals surface area contributed by atoms with Gasteiger partial charge in [0.05, 0.1) is 5.69 Å². The molecule has 0 fully saturated rings. The Balaban J connectivity index is 3.38. The van der Waals surface area contributed by atoms with Gasteiger partial charge in [-0.1, -0.05) is 11.6 Å². The number of rotatable bonds is 1. The van der Waals surface area contributed by atoms with E-state index in [2.05, 4.69) is 4.98 Å². The molecule has 1 heterocycles. The molecule has 0 spiro atoms. The zero-order chi connectivity index (χ0) is 9.30. The van der Waals surface area contributed by atoms with Crippen molar-refractivity contribution in [2.45, 2.75) is 20.1 Å². The van der Waals surface area contributed by atoms with Crippen LogP contribution in [0.5, 0.6) is 0 Å². The van der Waals surface area contributed by atoms with E-state index in [0.29, 0.717) is 5.69 Å². The normalized spacial score (nSPS) is 13.0. The van der Waals surface area contributed by atoms with Gasteiger partial charge in [0.2, 0.25) is 0 Å². The summed E-state index contributed by atoms with van der Waals surface area (Å²) in [5, 5.41) is 7.63. The van der Waals surface area contributed by atoms with Crippen LogP contribution in [0.25, 0.3) is 0 Å². The summed E-state index contributed by atoms with van der Waals surface area (Å²) in [6.45, 7) is 2.96. The Kier molecular flexibility index (Phi) is 2.47. The average Bonchev–Trinajstić information content (AvgIpc) is 1.96. The van der Waals surface area contributed by atoms with Crippen molar-refractivity contribution in [3.8, 4) is 0 Å². The molecule has 66 valence electrons. The minimum Gasteiger partial charge on any atom is -0.298 e. The second-order valence-corrected chi connectivity index (χ2v) is 2.87. The monoisotopic (exact) mass is 189 g/mol. The third-order valence-electron chi connectivity index (χ3n) is 1.50. The van der Waals surface area contributed by atoms with Gasteiger partial charge in [0.25, 0.3) is 0 Å². The van der Waals surface area contributed by atoms with E-state index in [9.17, 15) is 4.39 Å². The molecule has 0 radical (unpaired) electrons. The Morgan fingerprint density at radius 3 is 2.83 bits per heavy atom. The van der Waals surface area contributed by atoms with E-state index < -0.39 is 6.30 Å². The van der Waals surface area contributed by atoms with E-state index in [-0.39, 0.29) is 10.6 Å². The number of aromatic nitrogens is 2. The van der Waals surface area contributed by atoms with Gasteiger partial charge >= 0.3 is 0 Å². The molecule has 12 heavy (non-hydrogen) atoms.